The van der Waals surface area contributed by atoms with Crippen LogP contribution in [0.5, 0.6) is 0 Å². The number of aliphatic hydroxyl groups excluding tert-OH is 4. The predicted molar refractivity (Wildman–Crippen MR) is 63.4 cm³/mol. The normalized spacial score (nSPS) is 12.8. The zero-order chi connectivity index (χ0) is 15.5. The third-order valence-corrected chi connectivity index (χ3v) is 2.65. The summed E-state index contributed by atoms with van der Waals surface area (Å²) < 4.78 is 9.84. The Kier molecular flexibility index (Phi) is 12.3. The molecule has 0 aliphatic rings. The molecule has 0 rings (SSSR count). The lowest BCUT2D eigenvalue weighted by Gasteiger charge is -2.17. The molecule has 0 aliphatic carbocycles. The van der Waals surface area contributed by atoms with Crippen molar-refractivity contribution in [3.8, 4) is 0 Å². The van der Waals surface area contributed by atoms with Crippen molar-refractivity contribution in [3.63, 3.8) is 0 Å². The zero-order valence-electron chi connectivity index (χ0n) is 10.2. The molecular formula is C8H20NO9P. The predicted octanol–water partition coefficient (Wildman–Crippen LogP) is -3.17. The van der Waals surface area contributed by atoms with Gasteiger partial charge in [-0.25, -0.2) is 4.79 Å². The first kappa shape index (κ1) is 20.7. The van der Waals surface area contributed by atoms with Crippen molar-refractivity contribution in [1.82, 2.24) is 4.90 Å². The highest BCUT2D eigenvalue weighted by Crippen LogP contribution is 2.39. The summed E-state index contributed by atoms with van der Waals surface area (Å²) in [6.45, 7) is 1.75. The fourth-order valence-corrected chi connectivity index (χ4v) is 1.19. The molecule has 11 heteroatoms. The zero-order valence-corrected chi connectivity index (χ0v) is 11.1. The maximum Gasteiger partial charge on any atom is 0.365 e. The van der Waals surface area contributed by atoms with E-state index in [0.29, 0.717) is 19.6 Å². The maximum absolute atomic E-state index is 9.84. The molecule has 0 fully saturated rings. The van der Waals surface area contributed by atoms with E-state index >= 15 is 0 Å². The first-order valence-electron chi connectivity index (χ1n) is 5.21. The van der Waals surface area contributed by atoms with Crippen LogP contribution in [-0.4, -0.2) is 91.5 Å². The summed E-state index contributed by atoms with van der Waals surface area (Å²) in [6.07, 6.45) is 0. The highest BCUT2D eigenvalue weighted by Gasteiger charge is 2.32. The third kappa shape index (κ3) is 12.2. The standard InChI is InChI=1S/C6H15NO3.C2H5O6P/c8-4-1-7(2-5-9)3-6-10;3-1(4)2(5)9(6,7)8/h8-10H,1-6H2;2,5H,(H,3,4)(H2,6,7,8). The van der Waals surface area contributed by atoms with E-state index in [1.54, 1.807) is 4.90 Å². The second-order valence-electron chi connectivity index (χ2n) is 3.31. The van der Waals surface area contributed by atoms with E-state index in [-0.39, 0.29) is 19.8 Å². The smallest absolute Gasteiger partial charge is 0.365 e. The van der Waals surface area contributed by atoms with Gasteiger partial charge in [0.15, 0.2) is 0 Å². The van der Waals surface area contributed by atoms with E-state index in [0.717, 1.165) is 0 Å². The van der Waals surface area contributed by atoms with Crippen LogP contribution < -0.4 is 0 Å². The molecule has 0 aromatic rings. The van der Waals surface area contributed by atoms with E-state index in [2.05, 4.69) is 0 Å². The molecule has 0 radical (unpaired) electrons. The number of carbonyl (C=O) groups is 1. The molecule has 0 heterocycles. The van der Waals surface area contributed by atoms with Crippen LogP contribution in [0.4, 0.5) is 0 Å². The van der Waals surface area contributed by atoms with E-state index < -0.39 is 19.4 Å². The summed E-state index contributed by atoms with van der Waals surface area (Å²) in [5, 5.41) is 41.3. The van der Waals surface area contributed by atoms with Gasteiger partial charge in [0.05, 0.1) is 19.8 Å². The summed E-state index contributed by atoms with van der Waals surface area (Å²) in [6, 6.07) is 0. The number of rotatable bonds is 8. The second kappa shape index (κ2) is 11.3. The molecule has 0 saturated heterocycles. The Bertz CT molecular complexity index is 267. The minimum absolute atomic E-state index is 0.0694. The highest BCUT2D eigenvalue weighted by atomic mass is 31.2. The number of nitrogens with zero attached hydrogens (tertiary/aromatic N) is 1. The van der Waals surface area contributed by atoms with Gasteiger partial charge in [0.25, 0.3) is 5.85 Å². The van der Waals surface area contributed by atoms with Crippen molar-refractivity contribution in [2.24, 2.45) is 0 Å². The van der Waals surface area contributed by atoms with Gasteiger partial charge in [-0.15, -0.1) is 0 Å². The SMILES string of the molecule is O=C(O)C(O)P(=O)(O)O.OCCN(CCO)CCO. The van der Waals surface area contributed by atoms with Crippen molar-refractivity contribution in [2.75, 3.05) is 39.5 Å². The molecule has 116 valence electrons. The topological polar surface area (TPSA) is 179 Å². The van der Waals surface area contributed by atoms with Crippen LogP contribution >= 0.6 is 7.60 Å². The third-order valence-electron chi connectivity index (χ3n) is 1.79. The molecule has 0 spiro atoms. The average Bonchev–Trinajstić information content (AvgIpc) is 2.28. The van der Waals surface area contributed by atoms with E-state index in [1.165, 1.54) is 0 Å². The largest absolute Gasteiger partial charge is 0.479 e. The summed E-state index contributed by atoms with van der Waals surface area (Å²) in [5.41, 5.74) is 0. The fraction of sp³-hybridized carbons (Fsp3) is 0.875. The van der Waals surface area contributed by atoms with Gasteiger partial charge in [-0.2, -0.15) is 0 Å². The van der Waals surface area contributed by atoms with Crippen LogP contribution in [0.15, 0.2) is 0 Å². The van der Waals surface area contributed by atoms with Crippen molar-refractivity contribution < 1.29 is 44.7 Å². The minimum atomic E-state index is -4.86. The van der Waals surface area contributed by atoms with Crippen LogP contribution in [0.3, 0.4) is 0 Å². The van der Waals surface area contributed by atoms with Crippen LogP contribution in [0.25, 0.3) is 0 Å². The number of aliphatic carboxylic acids is 1. The first-order chi connectivity index (χ1) is 8.70. The second-order valence-corrected chi connectivity index (χ2v) is 4.98. The number of hydrogen-bond donors (Lipinski definition) is 7. The number of hydrogen-bond acceptors (Lipinski definition) is 7. The molecule has 0 aliphatic heterocycles. The lowest BCUT2D eigenvalue weighted by molar-refractivity contribution is -0.143. The Labute approximate surface area is 109 Å². The molecule has 0 aromatic heterocycles. The highest BCUT2D eigenvalue weighted by molar-refractivity contribution is 7.53. The molecule has 0 amide bonds. The molecule has 0 bridgehead atoms. The van der Waals surface area contributed by atoms with Gasteiger partial charge in [0, 0.05) is 19.6 Å². The van der Waals surface area contributed by atoms with Crippen LogP contribution in [0, 0.1) is 0 Å². The average molecular weight is 305 g/mol. The first-order valence-corrected chi connectivity index (χ1v) is 6.89. The molecule has 0 aromatic carbocycles. The lowest BCUT2D eigenvalue weighted by atomic mass is 10.4. The molecule has 19 heavy (non-hydrogen) atoms. The van der Waals surface area contributed by atoms with Crippen molar-refractivity contribution in [2.45, 2.75) is 5.85 Å². The quantitative estimate of drug-likeness (QED) is 0.226. The van der Waals surface area contributed by atoms with E-state index in [1.807, 2.05) is 0 Å². The van der Waals surface area contributed by atoms with Gasteiger partial charge in [-0.1, -0.05) is 0 Å². The number of carboxylic acids is 1. The maximum atomic E-state index is 9.84. The van der Waals surface area contributed by atoms with Gasteiger partial charge in [0.1, 0.15) is 0 Å². The Hall–Kier alpha value is -0.580. The van der Waals surface area contributed by atoms with Gasteiger partial charge < -0.3 is 35.3 Å². The summed E-state index contributed by atoms with van der Waals surface area (Å²) in [7, 11) is -4.86. The van der Waals surface area contributed by atoms with Crippen LogP contribution in [0.2, 0.25) is 0 Å². The number of carboxylic acid groups (broad SMARTS) is 1. The van der Waals surface area contributed by atoms with Crippen molar-refractivity contribution >= 4 is 13.6 Å². The van der Waals surface area contributed by atoms with Crippen LogP contribution in [0.1, 0.15) is 0 Å². The fourth-order valence-electron chi connectivity index (χ4n) is 0.904. The minimum Gasteiger partial charge on any atom is -0.479 e. The molecule has 0 saturated carbocycles. The molecular weight excluding hydrogens is 285 g/mol. The Morgan fingerprint density at radius 2 is 1.32 bits per heavy atom. The lowest BCUT2D eigenvalue weighted by Crippen LogP contribution is -2.32. The van der Waals surface area contributed by atoms with Gasteiger partial charge in [-0.3, -0.25) is 9.46 Å². The van der Waals surface area contributed by atoms with Gasteiger partial charge in [-0.05, 0) is 0 Å². The molecule has 7 N–H and O–H groups in total. The van der Waals surface area contributed by atoms with Crippen molar-refractivity contribution in [3.05, 3.63) is 0 Å². The van der Waals surface area contributed by atoms with Crippen LogP contribution in [-0.2, 0) is 9.36 Å². The monoisotopic (exact) mass is 305 g/mol. The summed E-state index contributed by atoms with van der Waals surface area (Å²) in [5.74, 6) is -4.53. The Balaban J connectivity index is 0. The molecule has 10 nitrogen and oxygen atoms in total. The van der Waals surface area contributed by atoms with Crippen molar-refractivity contribution in [1.29, 1.82) is 0 Å². The molecule has 1 unspecified atom stereocenters. The van der Waals surface area contributed by atoms with Gasteiger partial charge in [0.2, 0.25) is 0 Å². The van der Waals surface area contributed by atoms with Gasteiger partial charge >= 0.3 is 13.6 Å². The summed E-state index contributed by atoms with van der Waals surface area (Å²) >= 11 is 0. The summed E-state index contributed by atoms with van der Waals surface area (Å²) in [4.78, 5) is 27.3. The Morgan fingerprint density at radius 3 is 1.42 bits per heavy atom. The Morgan fingerprint density at radius 1 is 1.00 bits per heavy atom. The van der Waals surface area contributed by atoms with E-state index in [9.17, 15) is 9.36 Å². The van der Waals surface area contributed by atoms with E-state index in [4.69, 9.17) is 35.3 Å². The molecule has 1 atom stereocenters. The number of aliphatic hydroxyl groups is 4.